The molecule has 1 fully saturated rings. The van der Waals surface area contributed by atoms with E-state index in [-0.39, 0.29) is 5.41 Å². The van der Waals surface area contributed by atoms with E-state index in [4.69, 9.17) is 10.7 Å². The second-order valence-electron chi connectivity index (χ2n) is 8.89. The molecule has 6 heteroatoms. The van der Waals surface area contributed by atoms with Crippen molar-refractivity contribution < 1.29 is 9.50 Å². The predicted molar refractivity (Wildman–Crippen MR) is 115 cm³/mol. The topological polar surface area (TPSA) is 75.9 Å². The molecule has 3 N–H and O–H groups in total. The number of aliphatic hydroxyl groups excluding tert-OH is 1. The first-order valence-electron chi connectivity index (χ1n) is 10.3. The molecule has 5 nitrogen and oxygen atoms in total. The van der Waals surface area contributed by atoms with Crippen LogP contribution in [0.3, 0.4) is 0 Å². The monoisotopic (exact) mass is 396 g/mol. The Morgan fingerprint density at radius 3 is 2.86 bits per heavy atom. The van der Waals surface area contributed by atoms with E-state index in [9.17, 15) is 9.50 Å². The van der Waals surface area contributed by atoms with Gasteiger partial charge in [0.1, 0.15) is 12.4 Å². The van der Waals surface area contributed by atoms with Crippen molar-refractivity contribution in [2.24, 2.45) is 28.0 Å². The van der Waals surface area contributed by atoms with Crippen LogP contribution < -0.4 is 5.73 Å². The van der Waals surface area contributed by atoms with Crippen LogP contribution in [-0.2, 0) is 0 Å². The van der Waals surface area contributed by atoms with E-state index in [1.165, 1.54) is 6.42 Å². The van der Waals surface area contributed by atoms with Crippen LogP contribution in [0.5, 0.6) is 0 Å². The Bertz CT molecular complexity index is 1000. The summed E-state index contributed by atoms with van der Waals surface area (Å²) in [6.45, 7) is 6.84. The number of rotatable bonds is 4. The fourth-order valence-electron chi connectivity index (χ4n) is 4.42. The van der Waals surface area contributed by atoms with Crippen molar-refractivity contribution in [3.63, 3.8) is 0 Å². The third kappa shape index (κ3) is 3.55. The second-order valence-corrected chi connectivity index (χ2v) is 8.89. The van der Waals surface area contributed by atoms with Gasteiger partial charge in [0, 0.05) is 30.0 Å². The normalized spacial score (nSPS) is 27.7. The van der Waals surface area contributed by atoms with Gasteiger partial charge in [-0.3, -0.25) is 4.99 Å². The van der Waals surface area contributed by atoms with E-state index in [2.05, 4.69) is 25.9 Å². The number of fused-ring (bicyclic) bond motifs is 1. The highest BCUT2D eigenvalue weighted by Crippen LogP contribution is 2.46. The number of nitrogens with two attached hydrogens (primary N) is 1. The number of allylic oxidation sites excluding steroid dienone is 4. The van der Waals surface area contributed by atoms with E-state index in [0.717, 1.165) is 12.0 Å². The molecule has 0 aromatic carbocycles. The number of aliphatic hydroxyl groups is 1. The molecule has 2 heterocycles. The fourth-order valence-corrected chi connectivity index (χ4v) is 4.42. The molecule has 0 saturated heterocycles. The molecule has 0 radical (unpaired) electrons. The molecular weight excluding hydrogens is 367 g/mol. The molecule has 2 aromatic heterocycles. The van der Waals surface area contributed by atoms with Crippen LogP contribution in [0.4, 0.5) is 10.1 Å². The molecular formula is C23H29FN4O. The van der Waals surface area contributed by atoms with Crippen molar-refractivity contribution in [3.8, 4) is 0 Å². The van der Waals surface area contributed by atoms with Gasteiger partial charge in [-0.1, -0.05) is 39.0 Å². The van der Waals surface area contributed by atoms with E-state index in [0.29, 0.717) is 40.6 Å². The Labute approximate surface area is 170 Å². The van der Waals surface area contributed by atoms with E-state index < -0.39 is 12.4 Å². The average Bonchev–Trinajstić information content (AvgIpc) is 3.21. The number of nitrogens with zero attached hydrogens (tertiary/aromatic N) is 3. The number of hydrogen-bond acceptors (Lipinski definition) is 4. The van der Waals surface area contributed by atoms with Crippen LogP contribution in [0.15, 0.2) is 41.7 Å². The lowest BCUT2D eigenvalue weighted by Crippen LogP contribution is -2.24. The van der Waals surface area contributed by atoms with Crippen LogP contribution in [-0.4, -0.2) is 27.1 Å². The van der Waals surface area contributed by atoms with Crippen LogP contribution in [0.25, 0.3) is 11.1 Å². The third-order valence-corrected chi connectivity index (χ3v) is 6.90. The van der Waals surface area contributed by atoms with Gasteiger partial charge >= 0.3 is 0 Å². The summed E-state index contributed by atoms with van der Waals surface area (Å²) in [6, 6.07) is 1.88. The largest absolute Gasteiger partial charge is 0.374 e. The number of aliphatic imine (C=N–C) groups is 1. The average molecular weight is 397 g/mol. The number of hydrogen-bond donors (Lipinski definition) is 2. The van der Waals surface area contributed by atoms with Gasteiger partial charge in [-0.2, -0.15) is 5.10 Å². The summed E-state index contributed by atoms with van der Waals surface area (Å²) in [6.07, 6.45) is 11.3. The molecule has 4 atom stereocenters. The molecule has 0 amide bonds. The number of alkyl halides is 1. The molecule has 1 saturated carbocycles. The maximum Gasteiger partial charge on any atom is 0.132 e. The Kier molecular flexibility index (Phi) is 5.17. The maximum atomic E-state index is 14.4. The minimum absolute atomic E-state index is 0.169. The highest BCUT2D eigenvalue weighted by Gasteiger charge is 2.39. The molecule has 154 valence electrons. The molecule has 2 aromatic rings. The highest BCUT2D eigenvalue weighted by atomic mass is 19.1. The van der Waals surface area contributed by atoms with Crippen molar-refractivity contribution >= 4 is 23.0 Å². The molecule has 2 aliphatic rings. The van der Waals surface area contributed by atoms with Crippen LogP contribution in [0, 0.1) is 17.3 Å². The minimum atomic E-state index is -1.18. The Morgan fingerprint density at radius 1 is 1.41 bits per heavy atom. The molecule has 4 rings (SSSR count). The zero-order chi connectivity index (χ0) is 20.8. The van der Waals surface area contributed by atoms with Gasteiger partial charge in [-0.15, -0.1) is 0 Å². The van der Waals surface area contributed by atoms with E-state index in [1.54, 1.807) is 23.0 Å². The first-order chi connectivity index (χ1) is 13.8. The summed E-state index contributed by atoms with van der Waals surface area (Å²) in [4.78, 5) is 4.79. The van der Waals surface area contributed by atoms with Gasteiger partial charge in [-0.05, 0) is 41.7 Å². The lowest BCUT2D eigenvalue weighted by Gasteiger charge is -2.28. The lowest BCUT2D eigenvalue weighted by atomic mass is 9.77. The Morgan fingerprint density at radius 2 is 2.21 bits per heavy atom. The SMILES string of the molecule is CC1CCC(C=Nc2c(C(N)O)cnn3cc(C4=CC=CCC4F)cc23)C1(C)C. The van der Waals surface area contributed by atoms with Crippen LogP contribution in [0.2, 0.25) is 0 Å². The first-order valence-corrected chi connectivity index (χ1v) is 10.3. The Balaban J connectivity index is 1.79. The van der Waals surface area contributed by atoms with Crippen molar-refractivity contribution in [2.75, 3.05) is 0 Å². The van der Waals surface area contributed by atoms with Gasteiger partial charge in [0.05, 0.1) is 17.4 Å². The summed E-state index contributed by atoms with van der Waals surface area (Å²) in [5, 5.41) is 14.4. The first kappa shape index (κ1) is 20.0. The fraction of sp³-hybridized carbons (Fsp3) is 0.478. The van der Waals surface area contributed by atoms with Crippen LogP contribution >= 0.6 is 0 Å². The summed E-state index contributed by atoms with van der Waals surface area (Å²) in [5.74, 6) is 0.980. The minimum Gasteiger partial charge on any atom is -0.374 e. The van der Waals surface area contributed by atoms with Crippen molar-refractivity contribution in [1.29, 1.82) is 0 Å². The standard InChI is InChI=1S/C23H29FN4O/c1-14-8-9-16(23(14,2)3)11-26-21-18(22(25)29)12-27-28-13-15(10-20(21)28)17-6-4-5-7-19(17)24/h4-6,10-14,16,19,22,29H,7-9,25H2,1-3H3. The molecule has 0 bridgehead atoms. The summed E-state index contributed by atoms with van der Waals surface area (Å²) < 4.78 is 16.1. The van der Waals surface area contributed by atoms with E-state index in [1.807, 2.05) is 24.4 Å². The smallest absolute Gasteiger partial charge is 0.132 e. The molecule has 4 unspecified atom stereocenters. The van der Waals surface area contributed by atoms with Crippen molar-refractivity contribution in [3.05, 3.63) is 47.8 Å². The molecule has 0 aliphatic heterocycles. The van der Waals surface area contributed by atoms with Crippen molar-refractivity contribution in [2.45, 2.75) is 52.4 Å². The zero-order valence-electron chi connectivity index (χ0n) is 17.2. The van der Waals surface area contributed by atoms with Crippen LogP contribution in [0.1, 0.15) is 57.4 Å². The molecule has 29 heavy (non-hydrogen) atoms. The number of halogens is 1. The summed E-state index contributed by atoms with van der Waals surface area (Å²) >= 11 is 0. The number of aromatic nitrogens is 2. The van der Waals surface area contributed by atoms with Gasteiger partial charge in [0.25, 0.3) is 0 Å². The molecule has 0 spiro atoms. The molecule has 2 aliphatic carbocycles. The van der Waals surface area contributed by atoms with Gasteiger partial charge in [0.2, 0.25) is 0 Å². The van der Waals surface area contributed by atoms with E-state index >= 15 is 0 Å². The third-order valence-electron chi connectivity index (χ3n) is 6.90. The zero-order valence-corrected chi connectivity index (χ0v) is 17.2. The summed E-state index contributed by atoms with van der Waals surface area (Å²) in [7, 11) is 0. The summed E-state index contributed by atoms with van der Waals surface area (Å²) in [5.41, 5.74) is 9.14. The quantitative estimate of drug-likeness (QED) is 0.579. The second kappa shape index (κ2) is 7.50. The van der Waals surface area contributed by atoms with Gasteiger partial charge in [0.15, 0.2) is 0 Å². The predicted octanol–water partition coefficient (Wildman–Crippen LogP) is 4.74. The van der Waals surface area contributed by atoms with Gasteiger partial charge < -0.3 is 10.8 Å². The van der Waals surface area contributed by atoms with Gasteiger partial charge in [-0.25, -0.2) is 8.91 Å². The highest BCUT2D eigenvalue weighted by molar-refractivity contribution is 5.83. The van der Waals surface area contributed by atoms with Crippen molar-refractivity contribution in [1.82, 2.24) is 9.61 Å². The maximum absolute atomic E-state index is 14.4. The Hall–Kier alpha value is -2.31. The lowest BCUT2D eigenvalue weighted by molar-refractivity contribution is 0.186.